The standard InChI is InChI=1S/C11H8F2O2/c1-6-7-4-2-3-5-8(7)15-10(6)9(14)11(12)13/h2-5,11H,1H3. The number of fused-ring (bicyclic) bond motifs is 1. The van der Waals surface area contributed by atoms with Crippen LogP contribution < -0.4 is 0 Å². The van der Waals surface area contributed by atoms with E-state index in [1.165, 1.54) is 0 Å². The van der Waals surface area contributed by atoms with Crippen LogP contribution in [0.25, 0.3) is 11.0 Å². The van der Waals surface area contributed by atoms with Gasteiger partial charge in [-0.3, -0.25) is 4.79 Å². The van der Waals surface area contributed by atoms with Gasteiger partial charge in [-0.2, -0.15) is 0 Å². The van der Waals surface area contributed by atoms with Gasteiger partial charge in [-0.25, -0.2) is 8.78 Å². The number of carbonyl (C=O) groups is 1. The molecule has 2 rings (SSSR count). The predicted molar refractivity (Wildman–Crippen MR) is 51.3 cm³/mol. The number of carbonyl (C=O) groups excluding carboxylic acids is 1. The number of ketones is 1. The van der Waals surface area contributed by atoms with E-state index in [1.54, 1.807) is 31.2 Å². The zero-order valence-corrected chi connectivity index (χ0v) is 7.96. The topological polar surface area (TPSA) is 30.2 Å². The molecule has 0 spiro atoms. The van der Waals surface area contributed by atoms with Crippen molar-refractivity contribution < 1.29 is 18.0 Å². The summed E-state index contributed by atoms with van der Waals surface area (Å²) in [5, 5.41) is 0.696. The van der Waals surface area contributed by atoms with Gasteiger partial charge >= 0.3 is 6.43 Å². The van der Waals surface area contributed by atoms with Crippen molar-refractivity contribution in [2.45, 2.75) is 13.3 Å². The fourth-order valence-corrected chi connectivity index (χ4v) is 1.51. The number of hydrogen-bond donors (Lipinski definition) is 0. The summed E-state index contributed by atoms with van der Waals surface area (Å²) in [6.07, 6.45) is -3.02. The third kappa shape index (κ3) is 1.52. The fourth-order valence-electron chi connectivity index (χ4n) is 1.51. The lowest BCUT2D eigenvalue weighted by Crippen LogP contribution is -2.10. The van der Waals surface area contributed by atoms with Gasteiger partial charge < -0.3 is 4.42 Å². The predicted octanol–water partition coefficient (Wildman–Crippen LogP) is 3.19. The van der Waals surface area contributed by atoms with Crippen molar-refractivity contribution >= 4 is 16.8 Å². The molecule has 0 unspecified atom stereocenters. The van der Waals surface area contributed by atoms with Gasteiger partial charge in [-0.1, -0.05) is 18.2 Å². The second-order valence-electron chi connectivity index (χ2n) is 3.22. The van der Waals surface area contributed by atoms with E-state index < -0.39 is 12.2 Å². The number of furan rings is 1. The lowest BCUT2D eigenvalue weighted by atomic mass is 10.1. The Bertz CT molecular complexity index is 514. The van der Waals surface area contributed by atoms with E-state index in [0.29, 0.717) is 16.5 Å². The van der Waals surface area contributed by atoms with Crippen molar-refractivity contribution in [3.63, 3.8) is 0 Å². The minimum absolute atomic E-state index is 0.244. The van der Waals surface area contributed by atoms with Gasteiger partial charge in [0, 0.05) is 10.9 Å². The minimum Gasteiger partial charge on any atom is -0.452 e. The average Bonchev–Trinajstić information content (AvgIpc) is 2.56. The molecule has 2 aromatic rings. The zero-order chi connectivity index (χ0) is 11.0. The lowest BCUT2D eigenvalue weighted by molar-refractivity contribution is 0.0650. The molecule has 0 saturated heterocycles. The number of benzene rings is 1. The molecular formula is C11H8F2O2. The number of rotatable bonds is 2. The van der Waals surface area contributed by atoms with Crippen LogP contribution in [-0.4, -0.2) is 12.2 Å². The molecule has 0 bridgehead atoms. The number of Topliss-reactive ketones (excluding diaryl/α,β-unsaturated/α-hetero) is 1. The van der Waals surface area contributed by atoms with Crippen LogP contribution in [0.3, 0.4) is 0 Å². The first-order valence-corrected chi connectivity index (χ1v) is 4.41. The molecule has 1 heterocycles. The SMILES string of the molecule is Cc1c(C(=O)C(F)F)oc2ccccc12. The molecule has 15 heavy (non-hydrogen) atoms. The quantitative estimate of drug-likeness (QED) is 0.712. The average molecular weight is 210 g/mol. The monoisotopic (exact) mass is 210 g/mol. The molecule has 0 N–H and O–H groups in total. The van der Waals surface area contributed by atoms with Crippen LogP contribution in [0.1, 0.15) is 16.1 Å². The van der Waals surface area contributed by atoms with E-state index in [2.05, 4.69) is 0 Å². The lowest BCUT2D eigenvalue weighted by Gasteiger charge is -1.94. The zero-order valence-electron chi connectivity index (χ0n) is 7.96. The third-order valence-corrected chi connectivity index (χ3v) is 2.27. The molecule has 0 fully saturated rings. The van der Waals surface area contributed by atoms with Gasteiger partial charge in [0.05, 0.1) is 0 Å². The number of alkyl halides is 2. The maximum Gasteiger partial charge on any atom is 0.303 e. The Labute approximate surface area is 84.5 Å². The number of para-hydroxylation sites is 1. The first-order chi connectivity index (χ1) is 7.11. The van der Waals surface area contributed by atoms with Crippen LogP contribution in [0, 0.1) is 6.92 Å². The summed E-state index contributed by atoms with van der Waals surface area (Å²) in [6.45, 7) is 1.60. The van der Waals surface area contributed by atoms with Gasteiger partial charge in [-0.15, -0.1) is 0 Å². The Balaban J connectivity index is 2.63. The third-order valence-electron chi connectivity index (χ3n) is 2.27. The maximum atomic E-state index is 12.2. The summed E-state index contributed by atoms with van der Waals surface area (Å²) in [7, 11) is 0. The highest BCUT2D eigenvalue weighted by molar-refractivity contribution is 6.01. The summed E-state index contributed by atoms with van der Waals surface area (Å²) in [4.78, 5) is 11.1. The Hall–Kier alpha value is -1.71. The highest BCUT2D eigenvalue weighted by atomic mass is 19.3. The molecule has 0 atom stereocenters. The van der Waals surface area contributed by atoms with Gasteiger partial charge in [0.15, 0.2) is 5.76 Å². The van der Waals surface area contributed by atoms with Crippen LogP contribution in [0.5, 0.6) is 0 Å². The van der Waals surface area contributed by atoms with Crippen LogP contribution in [0.15, 0.2) is 28.7 Å². The second kappa shape index (κ2) is 3.46. The van der Waals surface area contributed by atoms with Crippen molar-refractivity contribution in [1.82, 2.24) is 0 Å². The van der Waals surface area contributed by atoms with Crippen LogP contribution in [0.4, 0.5) is 8.78 Å². The highest BCUT2D eigenvalue weighted by Gasteiger charge is 2.24. The van der Waals surface area contributed by atoms with E-state index >= 15 is 0 Å². The van der Waals surface area contributed by atoms with Gasteiger partial charge in [-0.05, 0) is 13.0 Å². The largest absolute Gasteiger partial charge is 0.452 e. The van der Waals surface area contributed by atoms with Crippen molar-refractivity contribution in [3.05, 3.63) is 35.6 Å². The van der Waals surface area contributed by atoms with Crippen LogP contribution >= 0.6 is 0 Å². The second-order valence-corrected chi connectivity index (χ2v) is 3.22. The highest BCUT2D eigenvalue weighted by Crippen LogP contribution is 2.26. The molecule has 4 heteroatoms. The van der Waals surface area contributed by atoms with Crippen molar-refractivity contribution in [2.24, 2.45) is 0 Å². The van der Waals surface area contributed by atoms with Crippen molar-refractivity contribution in [3.8, 4) is 0 Å². The van der Waals surface area contributed by atoms with Crippen LogP contribution in [-0.2, 0) is 0 Å². The summed E-state index contributed by atoms with van der Waals surface area (Å²) in [5.41, 5.74) is 0.926. The van der Waals surface area contributed by atoms with E-state index in [1.807, 2.05) is 0 Å². The Kier molecular flexibility index (Phi) is 2.26. The molecular weight excluding hydrogens is 202 g/mol. The molecule has 78 valence electrons. The molecule has 0 saturated carbocycles. The summed E-state index contributed by atoms with van der Waals surface area (Å²) in [5.74, 6) is -1.50. The van der Waals surface area contributed by atoms with E-state index in [-0.39, 0.29) is 5.76 Å². The van der Waals surface area contributed by atoms with Gasteiger partial charge in [0.1, 0.15) is 5.58 Å². The van der Waals surface area contributed by atoms with E-state index in [9.17, 15) is 13.6 Å². The smallest absolute Gasteiger partial charge is 0.303 e. The fraction of sp³-hybridized carbons (Fsp3) is 0.182. The minimum atomic E-state index is -3.02. The van der Waals surface area contributed by atoms with E-state index in [0.717, 1.165) is 0 Å². The Morgan fingerprint density at radius 2 is 2.00 bits per heavy atom. The normalized spacial score (nSPS) is 11.2. The van der Waals surface area contributed by atoms with Gasteiger partial charge in [0.25, 0.3) is 5.78 Å². The van der Waals surface area contributed by atoms with Crippen molar-refractivity contribution in [1.29, 1.82) is 0 Å². The molecule has 0 aliphatic heterocycles. The molecule has 0 radical (unpaired) electrons. The van der Waals surface area contributed by atoms with Crippen molar-refractivity contribution in [2.75, 3.05) is 0 Å². The van der Waals surface area contributed by atoms with Gasteiger partial charge in [0.2, 0.25) is 0 Å². The number of hydrogen-bond acceptors (Lipinski definition) is 2. The molecule has 0 aliphatic rings. The number of halogens is 2. The maximum absolute atomic E-state index is 12.2. The Morgan fingerprint density at radius 3 is 2.60 bits per heavy atom. The molecule has 2 nitrogen and oxygen atoms in total. The first-order valence-electron chi connectivity index (χ1n) is 4.41. The van der Waals surface area contributed by atoms with E-state index in [4.69, 9.17) is 4.42 Å². The molecule has 0 amide bonds. The molecule has 1 aromatic carbocycles. The van der Waals surface area contributed by atoms with Crippen LogP contribution in [0.2, 0.25) is 0 Å². The first kappa shape index (κ1) is 9.83. The summed E-state index contributed by atoms with van der Waals surface area (Å²) in [6, 6.07) is 6.87. The Morgan fingerprint density at radius 1 is 1.33 bits per heavy atom. The molecule has 0 aliphatic carbocycles. The number of aryl methyl sites for hydroxylation is 1. The summed E-state index contributed by atoms with van der Waals surface area (Å²) >= 11 is 0. The molecule has 1 aromatic heterocycles. The summed E-state index contributed by atoms with van der Waals surface area (Å²) < 4.78 is 29.5.